The fraction of sp³-hybridized carbons (Fsp3) is 0.909. The van der Waals surface area contributed by atoms with Crippen molar-refractivity contribution in [3.8, 4) is 0 Å². The van der Waals surface area contributed by atoms with Gasteiger partial charge in [-0.3, -0.25) is 9.69 Å². The first-order chi connectivity index (χ1) is 6.68. The molecule has 3 heteroatoms. The van der Waals surface area contributed by atoms with Gasteiger partial charge in [0.25, 0.3) is 0 Å². The van der Waals surface area contributed by atoms with Crippen LogP contribution in [0.5, 0.6) is 0 Å². The standard InChI is InChI=1S/C11H20N2O/c1-9-7-12-6-4-3-5-11(12)8-13(9)10(2)14/h9,11H,3-8H2,1-2H3. The third-order valence-electron chi connectivity index (χ3n) is 3.59. The van der Waals surface area contributed by atoms with Gasteiger partial charge in [0.1, 0.15) is 0 Å². The van der Waals surface area contributed by atoms with Gasteiger partial charge < -0.3 is 4.90 Å². The number of carbonyl (C=O) groups excluding carboxylic acids is 1. The van der Waals surface area contributed by atoms with Crippen LogP contribution < -0.4 is 0 Å². The summed E-state index contributed by atoms with van der Waals surface area (Å²) in [5.41, 5.74) is 0. The third kappa shape index (κ3) is 1.78. The van der Waals surface area contributed by atoms with E-state index in [-0.39, 0.29) is 5.91 Å². The molecule has 2 unspecified atom stereocenters. The van der Waals surface area contributed by atoms with Crippen molar-refractivity contribution < 1.29 is 4.79 Å². The third-order valence-corrected chi connectivity index (χ3v) is 3.59. The zero-order valence-electron chi connectivity index (χ0n) is 9.20. The van der Waals surface area contributed by atoms with Gasteiger partial charge in [0.2, 0.25) is 5.91 Å². The first-order valence-corrected chi connectivity index (χ1v) is 5.69. The Morgan fingerprint density at radius 2 is 2.07 bits per heavy atom. The topological polar surface area (TPSA) is 23.6 Å². The molecule has 0 radical (unpaired) electrons. The molecule has 0 spiro atoms. The van der Waals surface area contributed by atoms with Gasteiger partial charge in [-0.15, -0.1) is 0 Å². The molecule has 0 bridgehead atoms. The zero-order valence-corrected chi connectivity index (χ0v) is 9.20. The van der Waals surface area contributed by atoms with Crippen LogP contribution in [0.1, 0.15) is 33.1 Å². The number of piperidine rings is 1. The minimum absolute atomic E-state index is 0.239. The molecule has 0 aromatic rings. The van der Waals surface area contributed by atoms with Crippen molar-refractivity contribution in [1.82, 2.24) is 9.80 Å². The maximum Gasteiger partial charge on any atom is 0.219 e. The van der Waals surface area contributed by atoms with E-state index in [9.17, 15) is 4.79 Å². The summed E-state index contributed by atoms with van der Waals surface area (Å²) in [7, 11) is 0. The molecule has 0 N–H and O–H groups in total. The Balaban J connectivity index is 2.03. The average Bonchev–Trinajstić information content (AvgIpc) is 2.16. The maximum absolute atomic E-state index is 11.4. The van der Waals surface area contributed by atoms with E-state index in [1.54, 1.807) is 6.92 Å². The molecule has 14 heavy (non-hydrogen) atoms. The predicted octanol–water partition coefficient (Wildman–Crippen LogP) is 1.09. The number of nitrogens with zero attached hydrogens (tertiary/aromatic N) is 2. The molecule has 2 rings (SSSR count). The molecule has 0 saturated carbocycles. The van der Waals surface area contributed by atoms with Crippen molar-refractivity contribution in [2.24, 2.45) is 0 Å². The summed E-state index contributed by atoms with van der Waals surface area (Å²) in [6.45, 7) is 7.11. The van der Waals surface area contributed by atoms with Crippen LogP contribution in [0.3, 0.4) is 0 Å². The van der Waals surface area contributed by atoms with Crippen molar-refractivity contribution in [3.05, 3.63) is 0 Å². The molecule has 0 aliphatic carbocycles. The van der Waals surface area contributed by atoms with Crippen LogP contribution in [0.2, 0.25) is 0 Å². The van der Waals surface area contributed by atoms with Crippen LogP contribution in [-0.4, -0.2) is 47.4 Å². The van der Waals surface area contributed by atoms with E-state index in [4.69, 9.17) is 0 Å². The number of carbonyl (C=O) groups is 1. The van der Waals surface area contributed by atoms with Gasteiger partial charge in [-0.1, -0.05) is 6.42 Å². The molecule has 2 fully saturated rings. The van der Waals surface area contributed by atoms with Gasteiger partial charge in [0.05, 0.1) is 0 Å². The monoisotopic (exact) mass is 196 g/mol. The second-order valence-corrected chi connectivity index (χ2v) is 4.66. The van der Waals surface area contributed by atoms with E-state index in [0.29, 0.717) is 12.1 Å². The van der Waals surface area contributed by atoms with Gasteiger partial charge in [0, 0.05) is 32.1 Å². The van der Waals surface area contributed by atoms with E-state index in [0.717, 1.165) is 13.1 Å². The first-order valence-electron chi connectivity index (χ1n) is 5.69. The summed E-state index contributed by atoms with van der Waals surface area (Å²) >= 11 is 0. The summed E-state index contributed by atoms with van der Waals surface area (Å²) in [5.74, 6) is 0.239. The molecule has 0 aromatic carbocycles. The number of amides is 1. The lowest BCUT2D eigenvalue weighted by atomic mass is 9.97. The van der Waals surface area contributed by atoms with Crippen molar-refractivity contribution in [3.63, 3.8) is 0 Å². The molecule has 2 atom stereocenters. The molecule has 1 amide bonds. The normalized spacial score (nSPS) is 34.0. The molecule has 2 saturated heterocycles. The van der Waals surface area contributed by atoms with Gasteiger partial charge >= 0.3 is 0 Å². The summed E-state index contributed by atoms with van der Waals surface area (Å²) in [4.78, 5) is 16.0. The number of hydrogen-bond donors (Lipinski definition) is 0. The molecule has 2 aliphatic heterocycles. The SMILES string of the molecule is CC(=O)N1CC2CCCCN2CC1C. The minimum atomic E-state index is 0.239. The predicted molar refractivity (Wildman–Crippen MR) is 56.1 cm³/mol. The van der Waals surface area contributed by atoms with Gasteiger partial charge in [-0.25, -0.2) is 0 Å². The van der Waals surface area contributed by atoms with Crippen molar-refractivity contribution in [2.75, 3.05) is 19.6 Å². The van der Waals surface area contributed by atoms with E-state index in [1.807, 2.05) is 4.90 Å². The van der Waals surface area contributed by atoms with Gasteiger partial charge in [-0.05, 0) is 26.3 Å². The molecule has 3 nitrogen and oxygen atoms in total. The van der Waals surface area contributed by atoms with E-state index < -0.39 is 0 Å². The smallest absolute Gasteiger partial charge is 0.219 e. The highest BCUT2D eigenvalue weighted by Gasteiger charge is 2.33. The van der Waals surface area contributed by atoms with Crippen LogP contribution in [0.4, 0.5) is 0 Å². The van der Waals surface area contributed by atoms with Crippen LogP contribution in [0.15, 0.2) is 0 Å². The Kier molecular flexibility index (Phi) is 2.77. The molecule has 2 aliphatic rings. The molecule has 0 aromatic heterocycles. The molecular weight excluding hydrogens is 176 g/mol. The Labute approximate surface area is 86.1 Å². The summed E-state index contributed by atoms with van der Waals surface area (Å²) in [6.07, 6.45) is 3.95. The van der Waals surface area contributed by atoms with Crippen LogP contribution >= 0.6 is 0 Å². The lowest BCUT2D eigenvalue weighted by Gasteiger charge is -2.47. The van der Waals surface area contributed by atoms with Crippen LogP contribution in [0, 0.1) is 0 Å². The highest BCUT2D eigenvalue weighted by Crippen LogP contribution is 2.23. The lowest BCUT2D eigenvalue weighted by molar-refractivity contribution is -0.135. The first kappa shape index (κ1) is 9.97. The quantitative estimate of drug-likeness (QED) is 0.579. The van der Waals surface area contributed by atoms with E-state index >= 15 is 0 Å². The Morgan fingerprint density at radius 1 is 1.29 bits per heavy atom. The van der Waals surface area contributed by atoms with Crippen LogP contribution in [0.25, 0.3) is 0 Å². The number of piperazine rings is 1. The zero-order chi connectivity index (χ0) is 10.1. The average molecular weight is 196 g/mol. The second-order valence-electron chi connectivity index (χ2n) is 4.66. The number of fused-ring (bicyclic) bond motifs is 1. The molecular formula is C11H20N2O. The highest BCUT2D eigenvalue weighted by molar-refractivity contribution is 5.73. The van der Waals surface area contributed by atoms with Crippen molar-refractivity contribution in [1.29, 1.82) is 0 Å². The molecule has 2 heterocycles. The lowest BCUT2D eigenvalue weighted by Crippen LogP contribution is -2.59. The fourth-order valence-corrected chi connectivity index (χ4v) is 2.79. The largest absolute Gasteiger partial charge is 0.337 e. The van der Waals surface area contributed by atoms with E-state index in [2.05, 4.69) is 11.8 Å². The highest BCUT2D eigenvalue weighted by atomic mass is 16.2. The summed E-state index contributed by atoms with van der Waals surface area (Å²) < 4.78 is 0. The van der Waals surface area contributed by atoms with Crippen molar-refractivity contribution in [2.45, 2.75) is 45.2 Å². The molecule has 80 valence electrons. The maximum atomic E-state index is 11.4. The Morgan fingerprint density at radius 3 is 2.79 bits per heavy atom. The minimum Gasteiger partial charge on any atom is -0.337 e. The number of rotatable bonds is 0. The summed E-state index contributed by atoms with van der Waals surface area (Å²) in [6, 6.07) is 1.05. The van der Waals surface area contributed by atoms with Gasteiger partial charge in [0.15, 0.2) is 0 Å². The second kappa shape index (κ2) is 3.89. The number of hydrogen-bond acceptors (Lipinski definition) is 2. The van der Waals surface area contributed by atoms with Crippen LogP contribution in [-0.2, 0) is 4.79 Å². The van der Waals surface area contributed by atoms with Crippen molar-refractivity contribution >= 4 is 5.91 Å². The summed E-state index contributed by atoms with van der Waals surface area (Å²) in [5, 5.41) is 0. The fourth-order valence-electron chi connectivity index (χ4n) is 2.79. The van der Waals surface area contributed by atoms with E-state index in [1.165, 1.54) is 25.8 Å². The Bertz CT molecular complexity index is 229. The van der Waals surface area contributed by atoms with Gasteiger partial charge in [-0.2, -0.15) is 0 Å². The Hall–Kier alpha value is -0.570.